The van der Waals surface area contributed by atoms with Gasteiger partial charge in [0.1, 0.15) is 4.90 Å². The van der Waals surface area contributed by atoms with E-state index >= 15 is 0 Å². The molecule has 1 aliphatic heterocycles. The van der Waals surface area contributed by atoms with Gasteiger partial charge in [0.25, 0.3) is 0 Å². The third kappa shape index (κ3) is 3.82. The Kier molecular flexibility index (Phi) is 5.37. The van der Waals surface area contributed by atoms with Crippen LogP contribution in [0.25, 0.3) is 0 Å². The van der Waals surface area contributed by atoms with Gasteiger partial charge in [0.15, 0.2) is 0 Å². The van der Waals surface area contributed by atoms with Gasteiger partial charge in [-0.3, -0.25) is 4.68 Å². The molecular weight excluding hydrogens is 294 g/mol. The number of ether oxygens (including phenoxy) is 1. The zero-order chi connectivity index (χ0) is 15.5. The molecule has 0 bridgehead atoms. The molecule has 1 atom stereocenters. The molecule has 0 saturated carbocycles. The summed E-state index contributed by atoms with van der Waals surface area (Å²) >= 11 is 0. The van der Waals surface area contributed by atoms with E-state index in [1.807, 2.05) is 0 Å². The van der Waals surface area contributed by atoms with E-state index in [0.29, 0.717) is 44.1 Å². The Morgan fingerprint density at radius 2 is 2.24 bits per heavy atom. The van der Waals surface area contributed by atoms with Crippen LogP contribution in [0.4, 0.5) is 0 Å². The van der Waals surface area contributed by atoms with E-state index in [0.717, 1.165) is 6.42 Å². The normalized spacial score (nSPS) is 19.3. The van der Waals surface area contributed by atoms with Gasteiger partial charge in [0, 0.05) is 26.3 Å². The number of hydrogen-bond acceptors (Lipinski definition) is 5. The fourth-order valence-electron chi connectivity index (χ4n) is 2.55. The number of sulfonamides is 1. The molecule has 2 N–H and O–H groups in total. The molecule has 120 valence electrons. The smallest absolute Gasteiger partial charge is 0.244 e. The highest BCUT2D eigenvalue weighted by atomic mass is 32.2. The number of rotatable bonds is 7. The van der Waals surface area contributed by atoms with Crippen molar-refractivity contribution in [2.24, 2.45) is 5.92 Å². The fraction of sp³-hybridized carbons (Fsp3) is 0.769. The molecule has 8 heteroatoms. The summed E-state index contributed by atoms with van der Waals surface area (Å²) in [6.45, 7) is 5.69. The second kappa shape index (κ2) is 6.87. The summed E-state index contributed by atoms with van der Waals surface area (Å²) < 4.78 is 34.5. The van der Waals surface area contributed by atoms with E-state index in [-0.39, 0.29) is 17.4 Å². The predicted octanol–water partition coefficient (Wildman–Crippen LogP) is 0.197. The number of hydrogen-bond donors (Lipinski definition) is 2. The lowest BCUT2D eigenvalue weighted by molar-refractivity contribution is 0.186. The quantitative estimate of drug-likeness (QED) is 0.749. The zero-order valence-corrected chi connectivity index (χ0v) is 13.3. The highest BCUT2D eigenvalue weighted by Gasteiger charge is 2.26. The second-order valence-corrected chi connectivity index (χ2v) is 7.09. The maximum absolute atomic E-state index is 12.5. The topological polar surface area (TPSA) is 93.5 Å². The van der Waals surface area contributed by atoms with Crippen LogP contribution in [0.1, 0.15) is 24.2 Å². The van der Waals surface area contributed by atoms with Crippen molar-refractivity contribution in [3.8, 4) is 0 Å². The lowest BCUT2D eigenvalue weighted by atomic mass is 10.1. The van der Waals surface area contributed by atoms with E-state index in [4.69, 9.17) is 9.84 Å². The zero-order valence-electron chi connectivity index (χ0n) is 12.5. The molecule has 2 rings (SSSR count). The Balaban J connectivity index is 2.13. The van der Waals surface area contributed by atoms with Crippen LogP contribution in [0.5, 0.6) is 0 Å². The molecule has 0 amide bonds. The first-order valence-electron chi connectivity index (χ1n) is 7.18. The maximum atomic E-state index is 12.5. The molecule has 21 heavy (non-hydrogen) atoms. The molecule has 2 heterocycles. The number of nitrogens with zero attached hydrogens (tertiary/aromatic N) is 2. The Labute approximate surface area is 125 Å². The molecule has 1 aromatic heterocycles. The lowest BCUT2D eigenvalue weighted by Gasteiger charge is -2.11. The van der Waals surface area contributed by atoms with Crippen LogP contribution in [0.15, 0.2) is 4.90 Å². The van der Waals surface area contributed by atoms with E-state index in [1.54, 1.807) is 18.5 Å². The van der Waals surface area contributed by atoms with Gasteiger partial charge in [-0.2, -0.15) is 5.10 Å². The molecule has 1 saturated heterocycles. The van der Waals surface area contributed by atoms with E-state index in [2.05, 4.69) is 9.82 Å². The van der Waals surface area contributed by atoms with Gasteiger partial charge in [-0.1, -0.05) is 0 Å². The molecular formula is C13H23N3O4S. The molecule has 1 aromatic rings. The van der Waals surface area contributed by atoms with Crippen molar-refractivity contribution >= 4 is 10.0 Å². The molecule has 1 fully saturated rings. The SMILES string of the molecule is Cc1nn(CCCO)c(C)c1S(=O)(=O)NCC1CCOC1. The van der Waals surface area contributed by atoms with E-state index < -0.39 is 10.0 Å². The Morgan fingerprint density at radius 1 is 1.48 bits per heavy atom. The van der Waals surface area contributed by atoms with Gasteiger partial charge in [-0.25, -0.2) is 13.1 Å². The summed E-state index contributed by atoms with van der Waals surface area (Å²) in [5, 5.41) is 13.1. The van der Waals surface area contributed by atoms with E-state index in [9.17, 15) is 8.42 Å². The molecule has 0 aliphatic carbocycles. The minimum atomic E-state index is -3.56. The van der Waals surface area contributed by atoms with Crippen molar-refractivity contribution in [2.75, 3.05) is 26.4 Å². The first-order valence-corrected chi connectivity index (χ1v) is 8.66. The van der Waals surface area contributed by atoms with Crippen LogP contribution >= 0.6 is 0 Å². The van der Waals surface area contributed by atoms with Crippen LogP contribution < -0.4 is 4.72 Å². The molecule has 1 aliphatic rings. The van der Waals surface area contributed by atoms with Crippen LogP contribution in [0.2, 0.25) is 0 Å². The highest BCUT2D eigenvalue weighted by Crippen LogP contribution is 2.20. The second-order valence-electron chi connectivity index (χ2n) is 5.38. The largest absolute Gasteiger partial charge is 0.396 e. The average Bonchev–Trinajstić information content (AvgIpc) is 3.03. The molecule has 0 spiro atoms. The number of aliphatic hydroxyl groups excluding tert-OH is 1. The molecule has 0 radical (unpaired) electrons. The van der Waals surface area contributed by atoms with Crippen LogP contribution in [-0.4, -0.2) is 49.7 Å². The minimum absolute atomic E-state index is 0.0559. The minimum Gasteiger partial charge on any atom is -0.396 e. The van der Waals surface area contributed by atoms with Gasteiger partial charge in [-0.15, -0.1) is 0 Å². The van der Waals surface area contributed by atoms with Gasteiger partial charge < -0.3 is 9.84 Å². The predicted molar refractivity (Wildman–Crippen MR) is 77.5 cm³/mol. The summed E-state index contributed by atoms with van der Waals surface area (Å²) in [7, 11) is -3.56. The first-order chi connectivity index (χ1) is 9.95. The van der Waals surface area contributed by atoms with E-state index in [1.165, 1.54) is 0 Å². The number of aliphatic hydroxyl groups is 1. The summed E-state index contributed by atoms with van der Waals surface area (Å²) in [5.41, 5.74) is 1.09. The molecule has 1 unspecified atom stereocenters. The standard InChI is InChI=1S/C13H23N3O4S/c1-10-13(11(2)16(15-10)5-3-6-17)21(18,19)14-8-12-4-7-20-9-12/h12,14,17H,3-9H2,1-2H3. The average molecular weight is 317 g/mol. The number of aromatic nitrogens is 2. The summed E-state index contributed by atoms with van der Waals surface area (Å²) in [4.78, 5) is 0.249. The van der Waals surface area contributed by atoms with Crippen LogP contribution in [0.3, 0.4) is 0 Å². The van der Waals surface area contributed by atoms with Crippen molar-refractivity contribution in [3.05, 3.63) is 11.4 Å². The lowest BCUT2D eigenvalue weighted by Crippen LogP contribution is -2.30. The van der Waals surface area contributed by atoms with Crippen molar-refractivity contribution in [2.45, 2.75) is 38.1 Å². The van der Waals surface area contributed by atoms with Crippen molar-refractivity contribution in [3.63, 3.8) is 0 Å². The summed E-state index contributed by atoms with van der Waals surface area (Å²) in [6.07, 6.45) is 1.44. The monoisotopic (exact) mass is 317 g/mol. The molecule has 0 aromatic carbocycles. The third-order valence-electron chi connectivity index (χ3n) is 3.70. The molecule has 7 nitrogen and oxygen atoms in total. The van der Waals surface area contributed by atoms with Crippen molar-refractivity contribution < 1.29 is 18.3 Å². The number of nitrogens with one attached hydrogen (secondary N) is 1. The van der Waals surface area contributed by atoms with Crippen molar-refractivity contribution in [1.82, 2.24) is 14.5 Å². The summed E-state index contributed by atoms with van der Waals surface area (Å²) in [6, 6.07) is 0. The Morgan fingerprint density at radius 3 is 2.86 bits per heavy atom. The first kappa shape index (κ1) is 16.4. The third-order valence-corrected chi connectivity index (χ3v) is 5.37. The van der Waals surface area contributed by atoms with Crippen LogP contribution in [0, 0.1) is 19.8 Å². The maximum Gasteiger partial charge on any atom is 0.244 e. The summed E-state index contributed by atoms with van der Waals surface area (Å²) in [5.74, 6) is 0.241. The van der Waals surface area contributed by atoms with Crippen LogP contribution in [-0.2, 0) is 21.3 Å². The van der Waals surface area contributed by atoms with Crippen molar-refractivity contribution in [1.29, 1.82) is 0 Å². The van der Waals surface area contributed by atoms with Gasteiger partial charge in [0.05, 0.1) is 18.0 Å². The number of aryl methyl sites for hydroxylation is 2. The van der Waals surface area contributed by atoms with Gasteiger partial charge in [-0.05, 0) is 32.6 Å². The fourth-order valence-corrected chi connectivity index (χ4v) is 4.08. The Hall–Kier alpha value is -0.960. The highest BCUT2D eigenvalue weighted by molar-refractivity contribution is 7.89. The van der Waals surface area contributed by atoms with Gasteiger partial charge in [0.2, 0.25) is 10.0 Å². The Bertz CT molecular complexity index is 576. The van der Waals surface area contributed by atoms with Gasteiger partial charge >= 0.3 is 0 Å².